The molecule has 2 aromatic carbocycles. The topological polar surface area (TPSA) is 48.4 Å². The first-order valence-electron chi connectivity index (χ1n) is 8.03. The van der Waals surface area contributed by atoms with Crippen LogP contribution in [-0.2, 0) is 11.2 Å². The zero-order valence-corrected chi connectivity index (χ0v) is 13.9. The van der Waals surface area contributed by atoms with Crippen molar-refractivity contribution in [1.29, 1.82) is 0 Å². The summed E-state index contributed by atoms with van der Waals surface area (Å²) in [4.78, 5) is 16.0. The molecule has 0 bridgehead atoms. The molecule has 25 heavy (non-hydrogen) atoms. The van der Waals surface area contributed by atoms with Gasteiger partial charge in [-0.05, 0) is 36.6 Å². The van der Waals surface area contributed by atoms with Crippen molar-refractivity contribution < 1.29 is 18.7 Å². The van der Waals surface area contributed by atoms with Gasteiger partial charge in [0.25, 0.3) is 0 Å². The quantitative estimate of drug-likeness (QED) is 0.499. The number of hydrogen-bond donors (Lipinski definition) is 0. The van der Waals surface area contributed by atoms with E-state index in [0.29, 0.717) is 23.3 Å². The molecule has 0 amide bonds. The van der Waals surface area contributed by atoms with E-state index < -0.39 is 5.97 Å². The molecule has 0 fully saturated rings. The van der Waals surface area contributed by atoms with E-state index >= 15 is 0 Å². The van der Waals surface area contributed by atoms with Crippen LogP contribution >= 0.6 is 0 Å². The van der Waals surface area contributed by atoms with Crippen molar-refractivity contribution in [3.05, 3.63) is 71.7 Å². The Balaban J connectivity index is 1.78. The standard InChI is InChI=1S/C20H18FNO3/c1-24-20(23)18-13-19(16-12-15(21)9-10-17(16)22-18)25-11-5-8-14-6-3-2-4-7-14/h2-4,6-7,9-10,12-13H,5,8,11H2,1H3. The van der Waals surface area contributed by atoms with Crippen LogP contribution < -0.4 is 4.74 Å². The van der Waals surface area contributed by atoms with Gasteiger partial charge in [-0.25, -0.2) is 14.2 Å². The number of rotatable bonds is 6. The first-order valence-corrected chi connectivity index (χ1v) is 8.03. The molecule has 0 N–H and O–H groups in total. The summed E-state index contributed by atoms with van der Waals surface area (Å²) in [5.41, 5.74) is 1.86. The van der Waals surface area contributed by atoms with Crippen molar-refractivity contribution in [3.8, 4) is 5.75 Å². The molecule has 5 heteroatoms. The van der Waals surface area contributed by atoms with E-state index in [0.717, 1.165) is 12.8 Å². The average Bonchev–Trinajstić information content (AvgIpc) is 2.65. The Labute approximate surface area is 145 Å². The monoisotopic (exact) mass is 339 g/mol. The second kappa shape index (κ2) is 7.75. The molecule has 0 saturated carbocycles. The number of pyridine rings is 1. The number of benzene rings is 2. The number of halogens is 1. The molecule has 3 rings (SSSR count). The van der Waals surface area contributed by atoms with Gasteiger partial charge in [0.1, 0.15) is 11.6 Å². The predicted octanol–water partition coefficient (Wildman–Crippen LogP) is 4.17. The number of carbonyl (C=O) groups excluding carboxylic acids is 1. The smallest absolute Gasteiger partial charge is 0.356 e. The number of aromatic nitrogens is 1. The lowest BCUT2D eigenvalue weighted by Crippen LogP contribution is -2.07. The van der Waals surface area contributed by atoms with Crippen LogP contribution in [0.4, 0.5) is 4.39 Å². The van der Waals surface area contributed by atoms with Crippen molar-refractivity contribution in [1.82, 2.24) is 4.98 Å². The van der Waals surface area contributed by atoms with Crippen molar-refractivity contribution in [3.63, 3.8) is 0 Å². The fraction of sp³-hybridized carbons (Fsp3) is 0.200. The van der Waals surface area contributed by atoms with E-state index in [1.54, 1.807) is 0 Å². The summed E-state index contributed by atoms with van der Waals surface area (Å²) in [5.74, 6) is -0.507. The summed E-state index contributed by atoms with van der Waals surface area (Å²) in [5, 5.41) is 0.535. The van der Waals surface area contributed by atoms with Gasteiger partial charge in [0.2, 0.25) is 0 Å². The highest BCUT2D eigenvalue weighted by Gasteiger charge is 2.14. The van der Waals surface area contributed by atoms with Crippen LogP contribution in [0.1, 0.15) is 22.5 Å². The third kappa shape index (κ3) is 4.12. The van der Waals surface area contributed by atoms with Crippen LogP contribution in [-0.4, -0.2) is 24.7 Å². The molecule has 0 unspecified atom stereocenters. The molecule has 0 spiro atoms. The lowest BCUT2D eigenvalue weighted by molar-refractivity contribution is 0.0594. The molecule has 3 aromatic rings. The first kappa shape index (κ1) is 16.9. The largest absolute Gasteiger partial charge is 0.493 e. The van der Waals surface area contributed by atoms with E-state index in [2.05, 4.69) is 17.1 Å². The molecule has 0 aliphatic heterocycles. The Morgan fingerprint density at radius 2 is 1.92 bits per heavy atom. The van der Waals surface area contributed by atoms with E-state index in [9.17, 15) is 9.18 Å². The summed E-state index contributed by atoms with van der Waals surface area (Å²) >= 11 is 0. The molecule has 1 aromatic heterocycles. The van der Waals surface area contributed by atoms with Gasteiger partial charge in [-0.3, -0.25) is 0 Å². The molecular weight excluding hydrogens is 321 g/mol. The lowest BCUT2D eigenvalue weighted by atomic mass is 10.1. The van der Waals surface area contributed by atoms with Crippen molar-refractivity contribution >= 4 is 16.9 Å². The molecule has 0 aliphatic rings. The summed E-state index contributed by atoms with van der Waals surface area (Å²) in [6.07, 6.45) is 1.68. The normalized spacial score (nSPS) is 10.6. The number of methoxy groups -OCH3 is 1. The van der Waals surface area contributed by atoms with Crippen LogP contribution in [0.25, 0.3) is 10.9 Å². The number of hydrogen-bond acceptors (Lipinski definition) is 4. The van der Waals surface area contributed by atoms with Gasteiger partial charge in [-0.2, -0.15) is 0 Å². The average molecular weight is 339 g/mol. The van der Waals surface area contributed by atoms with E-state index in [1.807, 2.05) is 18.2 Å². The number of carbonyl (C=O) groups is 1. The summed E-state index contributed by atoms with van der Waals surface area (Å²) < 4.78 is 24.1. The second-order valence-corrected chi connectivity index (χ2v) is 5.60. The van der Waals surface area contributed by atoms with Gasteiger partial charge in [0.15, 0.2) is 5.69 Å². The zero-order valence-electron chi connectivity index (χ0n) is 13.9. The van der Waals surface area contributed by atoms with Crippen molar-refractivity contribution in [2.24, 2.45) is 0 Å². The fourth-order valence-corrected chi connectivity index (χ4v) is 2.60. The number of esters is 1. The maximum atomic E-state index is 13.6. The van der Waals surface area contributed by atoms with Crippen LogP contribution in [0.5, 0.6) is 5.75 Å². The minimum absolute atomic E-state index is 0.139. The van der Waals surface area contributed by atoms with Gasteiger partial charge in [0.05, 0.1) is 19.2 Å². The van der Waals surface area contributed by atoms with Crippen molar-refractivity contribution in [2.75, 3.05) is 13.7 Å². The molecule has 0 aliphatic carbocycles. The SMILES string of the molecule is COC(=O)c1cc(OCCCc2ccccc2)c2cc(F)ccc2n1. The Bertz CT molecular complexity index is 881. The summed E-state index contributed by atoms with van der Waals surface area (Å²) in [6.45, 7) is 0.450. The first-order chi connectivity index (χ1) is 12.2. The Hall–Kier alpha value is -2.95. The number of aryl methyl sites for hydroxylation is 1. The third-order valence-electron chi connectivity index (χ3n) is 3.84. The van der Waals surface area contributed by atoms with Crippen LogP contribution in [0.15, 0.2) is 54.6 Å². The highest BCUT2D eigenvalue weighted by atomic mass is 19.1. The van der Waals surface area contributed by atoms with Gasteiger partial charge in [0, 0.05) is 11.5 Å². The van der Waals surface area contributed by atoms with E-state index in [4.69, 9.17) is 9.47 Å². The summed E-state index contributed by atoms with van der Waals surface area (Å²) in [7, 11) is 1.29. The second-order valence-electron chi connectivity index (χ2n) is 5.60. The number of nitrogens with zero attached hydrogens (tertiary/aromatic N) is 1. The molecule has 4 nitrogen and oxygen atoms in total. The van der Waals surface area contributed by atoms with E-state index in [-0.39, 0.29) is 11.5 Å². The van der Waals surface area contributed by atoms with Gasteiger partial charge >= 0.3 is 5.97 Å². The molecule has 1 heterocycles. The third-order valence-corrected chi connectivity index (χ3v) is 3.84. The van der Waals surface area contributed by atoms with Gasteiger partial charge < -0.3 is 9.47 Å². The van der Waals surface area contributed by atoms with Crippen LogP contribution in [0, 0.1) is 5.82 Å². The highest BCUT2D eigenvalue weighted by Crippen LogP contribution is 2.27. The maximum absolute atomic E-state index is 13.6. The fourth-order valence-electron chi connectivity index (χ4n) is 2.60. The highest BCUT2D eigenvalue weighted by molar-refractivity contribution is 5.94. The van der Waals surface area contributed by atoms with E-state index in [1.165, 1.54) is 36.9 Å². The van der Waals surface area contributed by atoms with Crippen LogP contribution in [0.3, 0.4) is 0 Å². The Morgan fingerprint density at radius 1 is 1.12 bits per heavy atom. The lowest BCUT2D eigenvalue weighted by Gasteiger charge is -2.11. The molecule has 0 saturated heterocycles. The Kier molecular flexibility index (Phi) is 5.23. The molecule has 0 atom stereocenters. The van der Waals surface area contributed by atoms with Gasteiger partial charge in [-0.15, -0.1) is 0 Å². The number of fused-ring (bicyclic) bond motifs is 1. The van der Waals surface area contributed by atoms with Crippen LogP contribution in [0.2, 0.25) is 0 Å². The van der Waals surface area contributed by atoms with Gasteiger partial charge in [-0.1, -0.05) is 30.3 Å². The summed E-state index contributed by atoms with van der Waals surface area (Å²) in [6, 6.07) is 15.8. The minimum Gasteiger partial charge on any atom is -0.493 e. The number of ether oxygens (including phenoxy) is 2. The predicted molar refractivity (Wildman–Crippen MR) is 93.3 cm³/mol. The zero-order chi connectivity index (χ0) is 17.6. The Morgan fingerprint density at radius 3 is 2.68 bits per heavy atom. The molecule has 128 valence electrons. The van der Waals surface area contributed by atoms with Crippen molar-refractivity contribution in [2.45, 2.75) is 12.8 Å². The minimum atomic E-state index is -0.555. The maximum Gasteiger partial charge on any atom is 0.356 e. The molecule has 0 radical (unpaired) electrons. The molecular formula is C20H18FNO3.